The molecule has 73 heavy (non-hydrogen) atoms. The Hall–Kier alpha value is -1.51. The molecule has 0 heterocycles. The maximum absolute atomic E-state index is 12.7. The first-order valence-corrected chi connectivity index (χ1v) is 33.3. The third-order valence-electron chi connectivity index (χ3n) is 14.3. The predicted molar refractivity (Wildman–Crippen MR) is 312 cm³/mol. The fraction of sp³-hybridized carbons (Fsp3) is 0.905. The summed E-state index contributed by atoms with van der Waals surface area (Å²) in [6.07, 6.45) is 71.3. The molecule has 0 bridgehead atoms. The molecule has 0 aliphatic rings. The SMILES string of the molecule is CCCCCCC/C=C\C/C=C\CCCCCCCCCCCCCCCCCCCCCCCCCCCC(=O)OC(COC(=O)CCCCCCCCCCCCCCCCC)COP(=O)(O)OCCN. The van der Waals surface area contributed by atoms with Gasteiger partial charge in [-0.2, -0.15) is 0 Å². The second kappa shape index (κ2) is 59.7. The zero-order valence-electron chi connectivity index (χ0n) is 48.4. The number of phosphoric ester groups is 1. The largest absolute Gasteiger partial charge is 0.472 e. The topological polar surface area (TPSA) is 134 Å². The Bertz CT molecular complexity index is 1250. The Morgan fingerprint density at radius 1 is 0.411 bits per heavy atom. The van der Waals surface area contributed by atoms with E-state index < -0.39 is 26.5 Å². The van der Waals surface area contributed by atoms with Crippen LogP contribution >= 0.6 is 7.82 Å². The number of esters is 2. The van der Waals surface area contributed by atoms with Crippen molar-refractivity contribution in [3.63, 3.8) is 0 Å². The Morgan fingerprint density at radius 2 is 0.712 bits per heavy atom. The van der Waals surface area contributed by atoms with Gasteiger partial charge in [-0.15, -0.1) is 0 Å². The van der Waals surface area contributed by atoms with Crippen LogP contribution in [0, 0.1) is 0 Å². The van der Waals surface area contributed by atoms with E-state index in [2.05, 4.69) is 38.2 Å². The van der Waals surface area contributed by atoms with Gasteiger partial charge in [0.2, 0.25) is 0 Å². The van der Waals surface area contributed by atoms with Crippen molar-refractivity contribution in [3.8, 4) is 0 Å². The van der Waals surface area contributed by atoms with Crippen LogP contribution in [0.2, 0.25) is 0 Å². The van der Waals surface area contributed by atoms with Crippen molar-refractivity contribution >= 4 is 19.8 Å². The zero-order valence-corrected chi connectivity index (χ0v) is 49.3. The standard InChI is InChI=1S/C63H122NO8P/c1-3-5-7-9-11-13-15-17-19-20-21-22-23-24-25-26-27-28-29-30-31-32-33-34-35-36-37-38-39-40-42-44-46-48-50-52-54-56-63(66)72-61(60-71-73(67,68)70-58-57-64)59-69-62(65)55-53-51-49-47-45-43-41-18-16-14-12-10-8-6-4-2/h15,17,20-21,61H,3-14,16,18-19,22-60,64H2,1-2H3,(H,67,68)/b17-15-,21-20-. The van der Waals surface area contributed by atoms with Crippen LogP contribution in [-0.2, 0) is 32.7 Å². The number of unbranched alkanes of at least 4 members (excludes halogenated alkanes) is 44. The number of phosphoric acid groups is 1. The molecule has 2 atom stereocenters. The normalized spacial score (nSPS) is 13.1. The van der Waals surface area contributed by atoms with Crippen molar-refractivity contribution in [2.75, 3.05) is 26.4 Å². The summed E-state index contributed by atoms with van der Waals surface area (Å²) in [5.74, 6) is -0.806. The summed E-state index contributed by atoms with van der Waals surface area (Å²) in [6, 6.07) is 0. The van der Waals surface area contributed by atoms with Crippen LogP contribution in [0.1, 0.15) is 335 Å². The molecule has 0 saturated heterocycles. The van der Waals surface area contributed by atoms with Gasteiger partial charge >= 0.3 is 19.8 Å². The molecule has 10 heteroatoms. The Morgan fingerprint density at radius 3 is 1.04 bits per heavy atom. The summed E-state index contributed by atoms with van der Waals surface area (Å²) in [6.45, 7) is 3.79. The molecule has 0 aliphatic heterocycles. The number of allylic oxidation sites excluding steroid dienone is 4. The van der Waals surface area contributed by atoms with Gasteiger partial charge in [0, 0.05) is 19.4 Å². The molecule has 2 unspecified atom stereocenters. The Balaban J connectivity index is 3.76. The number of carbonyl (C=O) groups is 2. The molecule has 0 rings (SSSR count). The van der Waals surface area contributed by atoms with Gasteiger partial charge in [-0.3, -0.25) is 18.6 Å². The number of hydrogen-bond donors (Lipinski definition) is 2. The van der Waals surface area contributed by atoms with Gasteiger partial charge in [0.15, 0.2) is 6.10 Å². The van der Waals surface area contributed by atoms with Gasteiger partial charge in [-0.05, 0) is 44.9 Å². The number of carbonyl (C=O) groups excluding carboxylic acids is 2. The Kier molecular flexibility index (Phi) is 58.5. The molecule has 0 aromatic carbocycles. The van der Waals surface area contributed by atoms with E-state index in [-0.39, 0.29) is 38.6 Å². The maximum atomic E-state index is 12.7. The zero-order chi connectivity index (χ0) is 53.1. The second-order valence-corrected chi connectivity index (χ2v) is 23.1. The Labute approximate surface area is 452 Å². The fourth-order valence-corrected chi connectivity index (χ4v) is 10.4. The van der Waals surface area contributed by atoms with Gasteiger partial charge < -0.3 is 20.1 Å². The van der Waals surface area contributed by atoms with Crippen LogP contribution in [0.3, 0.4) is 0 Å². The summed E-state index contributed by atoms with van der Waals surface area (Å²) < 4.78 is 33.0. The number of rotatable bonds is 61. The summed E-state index contributed by atoms with van der Waals surface area (Å²) in [7, 11) is -4.38. The summed E-state index contributed by atoms with van der Waals surface area (Å²) >= 11 is 0. The van der Waals surface area contributed by atoms with E-state index in [0.29, 0.717) is 6.42 Å². The van der Waals surface area contributed by atoms with Crippen LogP contribution in [0.15, 0.2) is 24.3 Å². The van der Waals surface area contributed by atoms with Crippen molar-refractivity contribution in [1.29, 1.82) is 0 Å². The van der Waals surface area contributed by atoms with Gasteiger partial charge in [-0.25, -0.2) is 4.57 Å². The van der Waals surface area contributed by atoms with Gasteiger partial charge in [0.25, 0.3) is 0 Å². The molecule has 0 aromatic heterocycles. The maximum Gasteiger partial charge on any atom is 0.472 e. The van der Waals surface area contributed by atoms with E-state index in [9.17, 15) is 19.0 Å². The predicted octanol–water partition coefficient (Wildman–Crippen LogP) is 20.2. The van der Waals surface area contributed by atoms with Crippen molar-refractivity contribution in [1.82, 2.24) is 0 Å². The van der Waals surface area contributed by atoms with Gasteiger partial charge in [0.05, 0.1) is 13.2 Å². The summed E-state index contributed by atoms with van der Waals surface area (Å²) in [4.78, 5) is 35.2. The van der Waals surface area contributed by atoms with Crippen LogP contribution in [0.5, 0.6) is 0 Å². The van der Waals surface area contributed by atoms with Crippen molar-refractivity contribution in [2.45, 2.75) is 341 Å². The molecular formula is C63H122NO8P. The second-order valence-electron chi connectivity index (χ2n) is 21.6. The molecule has 9 nitrogen and oxygen atoms in total. The molecule has 3 N–H and O–H groups in total. The van der Waals surface area contributed by atoms with E-state index >= 15 is 0 Å². The lowest BCUT2D eigenvalue weighted by molar-refractivity contribution is -0.161. The number of hydrogen-bond acceptors (Lipinski definition) is 8. The molecule has 0 amide bonds. The third kappa shape index (κ3) is 59.6. The highest BCUT2D eigenvalue weighted by atomic mass is 31.2. The monoisotopic (exact) mass is 1050 g/mol. The molecule has 0 saturated carbocycles. The summed E-state index contributed by atoms with van der Waals surface area (Å²) in [5.41, 5.74) is 5.38. The van der Waals surface area contributed by atoms with Gasteiger partial charge in [-0.1, -0.05) is 301 Å². The minimum atomic E-state index is -4.38. The lowest BCUT2D eigenvalue weighted by atomic mass is 10.0. The van der Waals surface area contributed by atoms with Crippen molar-refractivity contribution < 1.29 is 37.6 Å². The van der Waals surface area contributed by atoms with E-state index in [4.69, 9.17) is 24.3 Å². The van der Waals surface area contributed by atoms with Crippen LogP contribution in [0.25, 0.3) is 0 Å². The van der Waals surface area contributed by atoms with Crippen LogP contribution < -0.4 is 5.73 Å². The first-order chi connectivity index (χ1) is 35.8. The van der Waals surface area contributed by atoms with E-state index in [0.717, 1.165) is 38.5 Å². The molecule has 0 aromatic rings. The molecule has 0 radical (unpaired) electrons. The minimum absolute atomic E-state index is 0.0572. The molecule has 0 fully saturated rings. The smallest absolute Gasteiger partial charge is 0.462 e. The number of nitrogens with two attached hydrogens (primary N) is 1. The molecular weight excluding hydrogens is 930 g/mol. The molecule has 432 valence electrons. The lowest BCUT2D eigenvalue weighted by Crippen LogP contribution is -2.29. The van der Waals surface area contributed by atoms with Crippen LogP contribution in [-0.4, -0.2) is 49.3 Å². The number of ether oxygens (including phenoxy) is 2. The highest BCUT2D eigenvalue weighted by molar-refractivity contribution is 7.47. The minimum Gasteiger partial charge on any atom is -0.462 e. The lowest BCUT2D eigenvalue weighted by Gasteiger charge is -2.19. The third-order valence-corrected chi connectivity index (χ3v) is 15.3. The van der Waals surface area contributed by atoms with Crippen molar-refractivity contribution in [3.05, 3.63) is 24.3 Å². The molecule has 0 aliphatic carbocycles. The van der Waals surface area contributed by atoms with E-state index in [1.54, 1.807) is 0 Å². The summed E-state index contributed by atoms with van der Waals surface area (Å²) in [5, 5.41) is 0. The fourth-order valence-electron chi connectivity index (χ4n) is 9.61. The first kappa shape index (κ1) is 71.5. The van der Waals surface area contributed by atoms with E-state index in [1.807, 2.05) is 0 Å². The highest BCUT2D eigenvalue weighted by Crippen LogP contribution is 2.43. The average Bonchev–Trinajstić information content (AvgIpc) is 3.38. The van der Waals surface area contributed by atoms with Crippen molar-refractivity contribution in [2.24, 2.45) is 5.73 Å². The highest BCUT2D eigenvalue weighted by Gasteiger charge is 2.26. The molecule has 0 spiro atoms. The quantitative estimate of drug-likeness (QED) is 0.0264. The first-order valence-electron chi connectivity index (χ1n) is 31.8. The average molecular weight is 1050 g/mol. The van der Waals surface area contributed by atoms with Gasteiger partial charge in [0.1, 0.15) is 6.61 Å². The van der Waals surface area contributed by atoms with E-state index in [1.165, 1.54) is 263 Å². The van der Waals surface area contributed by atoms with Crippen LogP contribution in [0.4, 0.5) is 0 Å².